The molecule has 0 bridgehead atoms. The maximum atomic E-state index is 12.3. The van der Waals surface area contributed by atoms with Gasteiger partial charge in [0, 0.05) is 5.69 Å². The standard InChI is InChI=1S/C18H19N3OS.ClH/c1-14-11-21(13-23-14)12-18(22)20-17-10-6-5-9-16(17)19-15-7-3-2-4-8-15;/h2-10,13-14,19H,11-12H2,1H3;1H. The van der Waals surface area contributed by atoms with Crippen LogP contribution >= 0.6 is 11.8 Å². The van der Waals surface area contributed by atoms with Gasteiger partial charge in [0.05, 0.1) is 16.6 Å². The molecular weight excluding hydrogens is 342 g/mol. The highest BCUT2D eigenvalue weighted by molar-refractivity contribution is 8.12. The van der Waals surface area contributed by atoms with Crippen LogP contribution in [0.25, 0.3) is 0 Å². The van der Waals surface area contributed by atoms with Crippen molar-refractivity contribution in [3.05, 3.63) is 54.6 Å². The van der Waals surface area contributed by atoms with Crippen LogP contribution in [0.15, 0.2) is 54.6 Å². The summed E-state index contributed by atoms with van der Waals surface area (Å²) < 4.78 is 2.05. The summed E-state index contributed by atoms with van der Waals surface area (Å²) in [6.07, 6.45) is 0. The molecule has 3 rings (SSSR count). The highest BCUT2D eigenvalue weighted by Crippen LogP contribution is 2.25. The number of benzene rings is 2. The molecule has 2 aromatic carbocycles. The highest BCUT2D eigenvalue weighted by Gasteiger charge is 2.22. The molecule has 0 aromatic heterocycles. The van der Waals surface area contributed by atoms with Gasteiger partial charge < -0.3 is 23.0 Å². The van der Waals surface area contributed by atoms with Crippen molar-refractivity contribution in [1.82, 2.24) is 0 Å². The number of hydrogen-bond donors (Lipinski definition) is 2. The summed E-state index contributed by atoms with van der Waals surface area (Å²) >= 11 is 1.77. The van der Waals surface area contributed by atoms with Crippen molar-refractivity contribution >= 4 is 40.3 Å². The lowest BCUT2D eigenvalue weighted by atomic mass is 10.2. The molecule has 1 amide bonds. The van der Waals surface area contributed by atoms with Crippen LogP contribution < -0.4 is 23.0 Å². The Morgan fingerprint density at radius 1 is 1.12 bits per heavy atom. The molecule has 1 heterocycles. The Morgan fingerprint density at radius 2 is 1.79 bits per heavy atom. The topological polar surface area (TPSA) is 44.1 Å². The number of nitrogens with zero attached hydrogens (tertiary/aromatic N) is 1. The summed E-state index contributed by atoms with van der Waals surface area (Å²) in [6, 6.07) is 17.7. The number of carbonyl (C=O) groups is 1. The first-order chi connectivity index (χ1) is 11.2. The summed E-state index contributed by atoms with van der Waals surface area (Å²) in [4.78, 5) is 12.3. The van der Waals surface area contributed by atoms with Gasteiger partial charge in [0.25, 0.3) is 5.91 Å². The predicted molar refractivity (Wildman–Crippen MR) is 97.9 cm³/mol. The Hall–Kier alpha value is -1.98. The Bertz CT molecular complexity index is 721. The van der Waals surface area contributed by atoms with E-state index in [1.54, 1.807) is 11.8 Å². The molecule has 6 heteroatoms. The fourth-order valence-electron chi connectivity index (χ4n) is 2.46. The van der Waals surface area contributed by atoms with Crippen molar-refractivity contribution in [3.63, 3.8) is 0 Å². The number of hydrogen-bond acceptors (Lipinski definition) is 3. The molecule has 2 aromatic rings. The van der Waals surface area contributed by atoms with Crippen molar-refractivity contribution in [3.8, 4) is 0 Å². The van der Waals surface area contributed by atoms with Crippen LogP contribution in [0.3, 0.4) is 0 Å². The summed E-state index contributed by atoms with van der Waals surface area (Å²) in [5.41, 5.74) is 4.71. The molecule has 1 aliphatic heterocycles. The second-order valence-electron chi connectivity index (χ2n) is 5.57. The Kier molecular flexibility index (Phi) is 6.70. The molecule has 0 spiro atoms. The molecule has 0 saturated heterocycles. The van der Waals surface area contributed by atoms with Gasteiger partial charge in [-0.2, -0.15) is 0 Å². The normalized spacial score (nSPS) is 16.0. The second kappa shape index (κ2) is 8.76. The summed E-state index contributed by atoms with van der Waals surface area (Å²) in [5, 5.41) is 6.89. The lowest BCUT2D eigenvalue weighted by Gasteiger charge is -2.12. The summed E-state index contributed by atoms with van der Waals surface area (Å²) in [7, 11) is 0. The van der Waals surface area contributed by atoms with Crippen LogP contribution in [0.4, 0.5) is 17.1 Å². The Labute approximate surface area is 152 Å². The van der Waals surface area contributed by atoms with Gasteiger partial charge >= 0.3 is 0 Å². The molecule has 0 fully saturated rings. The van der Waals surface area contributed by atoms with E-state index >= 15 is 0 Å². The molecule has 24 heavy (non-hydrogen) atoms. The van der Waals surface area contributed by atoms with Gasteiger partial charge in [-0.3, -0.25) is 4.79 Å². The van der Waals surface area contributed by atoms with Crippen molar-refractivity contribution in [2.45, 2.75) is 12.2 Å². The minimum Gasteiger partial charge on any atom is -1.00 e. The first kappa shape index (κ1) is 18.4. The van der Waals surface area contributed by atoms with Gasteiger partial charge in [-0.15, -0.1) is 0 Å². The Balaban J connectivity index is 0.00000208. The number of amides is 1. The fourth-order valence-corrected chi connectivity index (χ4v) is 3.28. The first-order valence-electron chi connectivity index (χ1n) is 7.64. The monoisotopic (exact) mass is 361 g/mol. The quantitative estimate of drug-likeness (QED) is 0.764. The highest BCUT2D eigenvalue weighted by atomic mass is 35.5. The SMILES string of the molecule is CC1C[N+](CC(=O)Nc2ccccc2Nc2ccccc2)=CS1.[Cl-]. The van der Waals surface area contributed by atoms with Crippen LogP contribution in [0, 0.1) is 0 Å². The van der Waals surface area contributed by atoms with Crippen LogP contribution in [0.2, 0.25) is 0 Å². The second-order valence-corrected chi connectivity index (χ2v) is 6.85. The van der Waals surface area contributed by atoms with Crippen LogP contribution in [-0.2, 0) is 4.79 Å². The predicted octanol–water partition coefficient (Wildman–Crippen LogP) is 0.549. The molecular formula is C18H20ClN3OS. The van der Waals surface area contributed by atoms with Gasteiger partial charge in [-0.1, -0.05) is 42.1 Å². The number of nitrogens with one attached hydrogen (secondary N) is 2. The van der Waals surface area contributed by atoms with Crippen LogP contribution in [-0.4, -0.2) is 34.4 Å². The van der Waals surface area contributed by atoms with Crippen molar-refractivity contribution < 1.29 is 21.8 Å². The number of thioether (sulfide) groups is 1. The zero-order valence-electron chi connectivity index (χ0n) is 13.4. The van der Waals surface area contributed by atoms with E-state index in [0.717, 1.165) is 23.6 Å². The average molecular weight is 362 g/mol. The lowest BCUT2D eigenvalue weighted by Crippen LogP contribution is -3.00. The largest absolute Gasteiger partial charge is 1.00 e. The lowest BCUT2D eigenvalue weighted by molar-refractivity contribution is -0.504. The first-order valence-corrected chi connectivity index (χ1v) is 8.59. The van der Waals surface area contributed by atoms with Gasteiger partial charge in [-0.25, -0.2) is 4.58 Å². The number of para-hydroxylation sites is 3. The zero-order valence-corrected chi connectivity index (χ0v) is 15.0. The van der Waals surface area contributed by atoms with Gasteiger partial charge in [0.2, 0.25) is 6.54 Å². The Morgan fingerprint density at radius 3 is 2.46 bits per heavy atom. The van der Waals surface area contributed by atoms with E-state index in [0.29, 0.717) is 11.8 Å². The molecule has 0 saturated carbocycles. The average Bonchev–Trinajstić information content (AvgIpc) is 2.95. The zero-order chi connectivity index (χ0) is 16.1. The molecule has 0 aliphatic carbocycles. The van der Waals surface area contributed by atoms with E-state index in [9.17, 15) is 4.79 Å². The molecule has 0 radical (unpaired) electrons. The smallest absolute Gasteiger partial charge is 0.289 e. The van der Waals surface area contributed by atoms with E-state index in [2.05, 4.69) is 22.1 Å². The minimum absolute atomic E-state index is 0. The van der Waals surface area contributed by atoms with Crippen molar-refractivity contribution in [2.24, 2.45) is 0 Å². The summed E-state index contributed by atoms with van der Waals surface area (Å²) in [6.45, 7) is 3.47. The van der Waals surface area contributed by atoms with Crippen LogP contribution in [0.5, 0.6) is 0 Å². The van der Waals surface area contributed by atoms with E-state index < -0.39 is 0 Å². The van der Waals surface area contributed by atoms with E-state index in [-0.39, 0.29) is 18.3 Å². The molecule has 1 atom stereocenters. The number of anilines is 3. The van der Waals surface area contributed by atoms with E-state index in [4.69, 9.17) is 0 Å². The molecule has 126 valence electrons. The van der Waals surface area contributed by atoms with Gasteiger partial charge in [-0.05, 0) is 31.2 Å². The summed E-state index contributed by atoms with van der Waals surface area (Å²) in [5.74, 6) is -0.00161. The van der Waals surface area contributed by atoms with Crippen LogP contribution in [0.1, 0.15) is 6.92 Å². The maximum absolute atomic E-state index is 12.3. The molecule has 2 N–H and O–H groups in total. The van der Waals surface area contributed by atoms with Gasteiger partial charge in [0.1, 0.15) is 0 Å². The van der Waals surface area contributed by atoms with Crippen molar-refractivity contribution in [1.29, 1.82) is 0 Å². The van der Waals surface area contributed by atoms with Gasteiger partial charge in [0.15, 0.2) is 12.1 Å². The maximum Gasteiger partial charge on any atom is 0.289 e. The van der Waals surface area contributed by atoms with E-state index in [1.807, 2.05) is 60.1 Å². The number of carbonyl (C=O) groups excluding carboxylic acids is 1. The third-order valence-electron chi connectivity index (χ3n) is 3.53. The van der Waals surface area contributed by atoms with Crippen molar-refractivity contribution in [2.75, 3.05) is 23.7 Å². The van der Waals surface area contributed by atoms with E-state index in [1.165, 1.54) is 0 Å². The minimum atomic E-state index is -0.00161. The molecule has 4 nitrogen and oxygen atoms in total. The molecule has 1 unspecified atom stereocenters. The number of halogens is 1. The third-order valence-corrected chi connectivity index (χ3v) is 4.57. The molecule has 1 aliphatic rings. The number of rotatable bonds is 5. The fraction of sp³-hybridized carbons (Fsp3) is 0.222. The third kappa shape index (κ3) is 5.01.